The monoisotopic (exact) mass is 515 g/mol. The number of aliphatic carboxylic acids is 1. The predicted molar refractivity (Wildman–Crippen MR) is 140 cm³/mol. The fourth-order valence-electron chi connectivity index (χ4n) is 4.66. The third-order valence-electron chi connectivity index (χ3n) is 6.54. The lowest BCUT2D eigenvalue weighted by Crippen LogP contribution is -2.53. The van der Waals surface area contributed by atoms with Crippen LogP contribution in [0.1, 0.15) is 35.4 Å². The first-order valence-corrected chi connectivity index (χ1v) is 12.3. The Labute approximate surface area is 220 Å². The smallest absolute Gasteiger partial charge is 0.407 e. The number of hydrogen-bond donors (Lipinski definition) is 4. The van der Waals surface area contributed by atoms with Crippen LogP contribution in [-0.2, 0) is 25.5 Å². The number of rotatable bonds is 11. The lowest BCUT2D eigenvalue weighted by atomic mass is 9.98. The fourth-order valence-corrected chi connectivity index (χ4v) is 4.66. The van der Waals surface area contributed by atoms with E-state index in [1.54, 1.807) is 24.3 Å². The number of primary amides is 1. The Morgan fingerprint density at radius 3 is 1.97 bits per heavy atom. The number of alkyl carbamates (subject to hydrolysis) is 1. The van der Waals surface area contributed by atoms with Gasteiger partial charge in [0.1, 0.15) is 18.7 Å². The zero-order valence-electron chi connectivity index (χ0n) is 20.6. The zero-order valence-corrected chi connectivity index (χ0v) is 20.6. The molecule has 4 rings (SSSR count). The number of nitrogens with two attached hydrogens (primary N) is 1. The quantitative estimate of drug-likeness (QED) is 0.309. The number of carboxylic acid groups (broad SMARTS) is 1. The largest absolute Gasteiger partial charge is 0.481 e. The van der Waals surface area contributed by atoms with Gasteiger partial charge >= 0.3 is 12.1 Å². The summed E-state index contributed by atoms with van der Waals surface area (Å²) in [6.07, 6.45) is -1.28. The standard InChI is InChI=1S/C29H29N3O6/c30-27(35)25(16-18-8-2-1-3-9-18)31-28(36)24(14-15-26(33)34)32-29(37)38-17-23-21-12-6-4-10-19(21)20-11-5-7-13-22(20)23/h1-13,23-25H,14-17H2,(H2,30,35)(H,31,36)(H,32,37)(H,33,34)/t24-,25-/m0/s1. The molecule has 0 radical (unpaired) electrons. The Hall–Kier alpha value is -4.66. The van der Waals surface area contributed by atoms with Crippen LogP contribution in [0.2, 0.25) is 0 Å². The highest BCUT2D eigenvalue weighted by Crippen LogP contribution is 2.44. The van der Waals surface area contributed by atoms with Gasteiger partial charge in [-0.2, -0.15) is 0 Å². The van der Waals surface area contributed by atoms with Crippen LogP contribution >= 0.6 is 0 Å². The van der Waals surface area contributed by atoms with Crippen LogP contribution in [0, 0.1) is 0 Å². The molecule has 0 heterocycles. The topological polar surface area (TPSA) is 148 Å². The minimum Gasteiger partial charge on any atom is -0.481 e. The van der Waals surface area contributed by atoms with E-state index in [0.29, 0.717) is 0 Å². The molecule has 3 amide bonds. The van der Waals surface area contributed by atoms with E-state index in [9.17, 15) is 19.2 Å². The number of ether oxygens (including phenoxy) is 1. The summed E-state index contributed by atoms with van der Waals surface area (Å²) in [4.78, 5) is 48.9. The van der Waals surface area contributed by atoms with Gasteiger partial charge in [0, 0.05) is 18.8 Å². The van der Waals surface area contributed by atoms with Crippen LogP contribution in [0.25, 0.3) is 11.1 Å². The van der Waals surface area contributed by atoms with E-state index in [-0.39, 0.29) is 31.8 Å². The Morgan fingerprint density at radius 1 is 0.816 bits per heavy atom. The van der Waals surface area contributed by atoms with Crippen molar-refractivity contribution in [2.75, 3.05) is 6.61 Å². The summed E-state index contributed by atoms with van der Waals surface area (Å²) in [7, 11) is 0. The lowest BCUT2D eigenvalue weighted by molar-refractivity contribution is -0.137. The molecule has 196 valence electrons. The van der Waals surface area contributed by atoms with Crippen molar-refractivity contribution in [2.24, 2.45) is 5.73 Å². The number of amides is 3. The van der Waals surface area contributed by atoms with Gasteiger partial charge in [-0.05, 0) is 34.2 Å². The summed E-state index contributed by atoms with van der Waals surface area (Å²) in [5, 5.41) is 14.1. The lowest BCUT2D eigenvalue weighted by Gasteiger charge is -2.22. The van der Waals surface area contributed by atoms with Crippen molar-refractivity contribution < 1.29 is 29.0 Å². The molecule has 0 bridgehead atoms. The van der Waals surface area contributed by atoms with Gasteiger partial charge in [0.15, 0.2) is 0 Å². The summed E-state index contributed by atoms with van der Waals surface area (Å²) in [5.41, 5.74) is 10.5. The first-order chi connectivity index (χ1) is 18.3. The molecule has 0 unspecified atom stereocenters. The molecule has 3 aromatic rings. The van der Waals surface area contributed by atoms with Gasteiger partial charge in [-0.25, -0.2) is 4.79 Å². The number of carboxylic acids is 1. The SMILES string of the molecule is NC(=O)[C@H](Cc1ccccc1)NC(=O)[C@H](CCC(=O)O)NC(=O)OCC1c2ccccc2-c2ccccc21. The van der Waals surface area contributed by atoms with Crippen LogP contribution in [0.5, 0.6) is 0 Å². The van der Waals surface area contributed by atoms with Crippen molar-refractivity contribution in [3.05, 3.63) is 95.6 Å². The highest BCUT2D eigenvalue weighted by molar-refractivity contribution is 5.91. The summed E-state index contributed by atoms with van der Waals surface area (Å²) in [6, 6.07) is 22.5. The summed E-state index contributed by atoms with van der Waals surface area (Å²) in [5.74, 6) is -2.78. The molecular weight excluding hydrogens is 486 g/mol. The summed E-state index contributed by atoms with van der Waals surface area (Å²) >= 11 is 0. The number of benzene rings is 3. The van der Waals surface area contributed by atoms with Crippen LogP contribution in [0.3, 0.4) is 0 Å². The Kier molecular flexibility index (Phi) is 8.37. The van der Waals surface area contributed by atoms with E-state index in [2.05, 4.69) is 10.6 Å². The van der Waals surface area contributed by atoms with E-state index >= 15 is 0 Å². The van der Waals surface area contributed by atoms with E-state index in [0.717, 1.165) is 27.8 Å². The van der Waals surface area contributed by atoms with Crippen molar-refractivity contribution >= 4 is 23.9 Å². The van der Waals surface area contributed by atoms with Gasteiger partial charge in [-0.3, -0.25) is 14.4 Å². The molecule has 9 nitrogen and oxygen atoms in total. The van der Waals surface area contributed by atoms with Crippen molar-refractivity contribution in [1.82, 2.24) is 10.6 Å². The maximum Gasteiger partial charge on any atom is 0.407 e. The van der Waals surface area contributed by atoms with Crippen molar-refractivity contribution in [1.29, 1.82) is 0 Å². The van der Waals surface area contributed by atoms with Crippen LogP contribution < -0.4 is 16.4 Å². The molecule has 2 atom stereocenters. The van der Waals surface area contributed by atoms with E-state index < -0.39 is 36.0 Å². The van der Waals surface area contributed by atoms with E-state index in [4.69, 9.17) is 15.6 Å². The normalized spacial score (nSPS) is 13.5. The minimum absolute atomic E-state index is 0.0328. The van der Waals surface area contributed by atoms with E-state index in [1.807, 2.05) is 54.6 Å². The van der Waals surface area contributed by atoms with Gasteiger partial charge in [-0.15, -0.1) is 0 Å². The molecule has 0 spiro atoms. The maximum absolute atomic E-state index is 13.0. The molecule has 1 aliphatic carbocycles. The van der Waals surface area contributed by atoms with Gasteiger partial charge in [0.05, 0.1) is 0 Å². The number of hydrogen-bond acceptors (Lipinski definition) is 5. The van der Waals surface area contributed by atoms with Gasteiger partial charge in [-0.1, -0.05) is 78.9 Å². The highest BCUT2D eigenvalue weighted by Gasteiger charge is 2.30. The van der Waals surface area contributed by atoms with Gasteiger partial charge < -0.3 is 26.2 Å². The van der Waals surface area contributed by atoms with Crippen molar-refractivity contribution in [3.8, 4) is 11.1 Å². The second-order valence-electron chi connectivity index (χ2n) is 9.11. The predicted octanol–water partition coefficient (Wildman–Crippen LogP) is 2.97. The molecule has 1 aliphatic rings. The first-order valence-electron chi connectivity index (χ1n) is 12.3. The van der Waals surface area contributed by atoms with Gasteiger partial charge in [0.25, 0.3) is 0 Å². The number of carbonyl (C=O) groups is 4. The highest BCUT2D eigenvalue weighted by atomic mass is 16.5. The Morgan fingerprint density at radius 2 is 1.39 bits per heavy atom. The molecule has 0 fully saturated rings. The average molecular weight is 516 g/mol. The Balaban J connectivity index is 1.42. The molecule has 9 heteroatoms. The minimum atomic E-state index is -1.24. The zero-order chi connectivity index (χ0) is 27.1. The summed E-state index contributed by atoms with van der Waals surface area (Å²) in [6.45, 7) is 0.0328. The number of carbonyl (C=O) groups excluding carboxylic acids is 3. The van der Waals surface area contributed by atoms with Gasteiger partial charge in [0.2, 0.25) is 11.8 Å². The molecular formula is C29H29N3O6. The molecule has 3 aromatic carbocycles. The van der Waals surface area contributed by atoms with Crippen LogP contribution in [0.15, 0.2) is 78.9 Å². The summed E-state index contributed by atoms with van der Waals surface area (Å²) < 4.78 is 5.51. The molecule has 0 aromatic heterocycles. The second-order valence-corrected chi connectivity index (χ2v) is 9.11. The molecule has 0 saturated heterocycles. The number of fused-ring (bicyclic) bond motifs is 3. The molecule has 38 heavy (non-hydrogen) atoms. The second kappa shape index (κ2) is 12.1. The molecule has 5 N–H and O–H groups in total. The molecule has 0 saturated carbocycles. The first kappa shape index (κ1) is 26.4. The number of nitrogens with one attached hydrogen (secondary N) is 2. The Bertz CT molecular complexity index is 1280. The van der Waals surface area contributed by atoms with Crippen molar-refractivity contribution in [2.45, 2.75) is 37.3 Å². The average Bonchev–Trinajstić information content (AvgIpc) is 3.23. The maximum atomic E-state index is 13.0. The van der Waals surface area contributed by atoms with Crippen molar-refractivity contribution in [3.63, 3.8) is 0 Å². The fraction of sp³-hybridized carbons (Fsp3) is 0.241. The van der Waals surface area contributed by atoms with Crippen LogP contribution in [0.4, 0.5) is 4.79 Å². The van der Waals surface area contributed by atoms with E-state index in [1.165, 1.54) is 0 Å². The van der Waals surface area contributed by atoms with Crippen LogP contribution in [-0.4, -0.2) is 47.7 Å². The third-order valence-corrected chi connectivity index (χ3v) is 6.54. The third kappa shape index (κ3) is 6.36. The molecule has 0 aliphatic heterocycles.